The Kier molecular flexibility index (Phi) is 11.4. The summed E-state index contributed by atoms with van der Waals surface area (Å²) < 4.78 is 13.0. The molecule has 0 unspecified atom stereocenters. The fraction of sp³-hybridized carbons (Fsp3) is 0.400. The molecule has 0 aliphatic rings. The Morgan fingerprint density at radius 1 is 1.15 bits per heavy atom. The molecule has 0 saturated heterocycles. The summed E-state index contributed by atoms with van der Waals surface area (Å²) >= 11 is 0. The predicted octanol–water partition coefficient (Wildman–Crippen LogP) is 4.13. The van der Waals surface area contributed by atoms with Gasteiger partial charge in [-0.15, -0.1) is 24.0 Å². The first-order chi connectivity index (χ1) is 12.7. The fourth-order valence-electron chi connectivity index (χ4n) is 2.51. The van der Waals surface area contributed by atoms with Gasteiger partial charge in [0.1, 0.15) is 11.6 Å². The van der Waals surface area contributed by atoms with Crippen LogP contribution in [0.15, 0.2) is 53.7 Å². The van der Waals surface area contributed by atoms with Gasteiger partial charge in [0.15, 0.2) is 5.96 Å². The summed E-state index contributed by atoms with van der Waals surface area (Å²) in [7, 11) is 1.99. The van der Waals surface area contributed by atoms with Crippen molar-refractivity contribution in [3.63, 3.8) is 0 Å². The highest BCUT2D eigenvalue weighted by molar-refractivity contribution is 14.0. The van der Waals surface area contributed by atoms with Gasteiger partial charge in [-0.05, 0) is 49.6 Å². The third-order valence-electron chi connectivity index (χ3n) is 3.85. The van der Waals surface area contributed by atoms with Crippen molar-refractivity contribution in [2.24, 2.45) is 4.99 Å². The Hall–Kier alpha value is -1.90. The van der Waals surface area contributed by atoms with Crippen molar-refractivity contribution >= 4 is 35.8 Å². The molecule has 0 aliphatic carbocycles. The SMILES string of the molecule is CCNC(=NCCCCNc1ccccn1)N(C)Cc1ccc(F)cc1.I. The van der Waals surface area contributed by atoms with Gasteiger partial charge < -0.3 is 15.5 Å². The second-order valence-corrected chi connectivity index (χ2v) is 6.07. The van der Waals surface area contributed by atoms with Gasteiger partial charge >= 0.3 is 0 Å². The number of rotatable bonds is 9. The highest BCUT2D eigenvalue weighted by Crippen LogP contribution is 2.06. The van der Waals surface area contributed by atoms with Crippen molar-refractivity contribution in [1.29, 1.82) is 0 Å². The van der Waals surface area contributed by atoms with Crippen molar-refractivity contribution in [2.45, 2.75) is 26.3 Å². The lowest BCUT2D eigenvalue weighted by Crippen LogP contribution is -2.38. The van der Waals surface area contributed by atoms with E-state index in [1.807, 2.05) is 25.2 Å². The van der Waals surface area contributed by atoms with Crippen LogP contribution >= 0.6 is 24.0 Å². The molecule has 0 radical (unpaired) electrons. The van der Waals surface area contributed by atoms with Crippen LogP contribution in [0, 0.1) is 5.82 Å². The zero-order valence-corrected chi connectivity index (χ0v) is 18.3. The zero-order chi connectivity index (χ0) is 18.6. The molecule has 2 rings (SSSR count). The molecule has 0 amide bonds. The van der Waals surface area contributed by atoms with E-state index in [1.54, 1.807) is 18.3 Å². The molecular formula is C20H29FIN5. The van der Waals surface area contributed by atoms with Crippen molar-refractivity contribution in [1.82, 2.24) is 15.2 Å². The van der Waals surface area contributed by atoms with Crippen LogP contribution in [-0.4, -0.2) is 42.5 Å². The number of unbranched alkanes of at least 4 members (excludes halogenated alkanes) is 1. The van der Waals surface area contributed by atoms with E-state index in [1.165, 1.54) is 12.1 Å². The Labute approximate surface area is 178 Å². The minimum atomic E-state index is -0.212. The first-order valence-electron chi connectivity index (χ1n) is 9.08. The second-order valence-electron chi connectivity index (χ2n) is 6.07. The molecule has 27 heavy (non-hydrogen) atoms. The number of aromatic nitrogens is 1. The Morgan fingerprint density at radius 2 is 1.93 bits per heavy atom. The van der Waals surface area contributed by atoms with Crippen LogP contribution < -0.4 is 10.6 Å². The molecule has 2 aromatic rings. The fourth-order valence-corrected chi connectivity index (χ4v) is 2.51. The van der Waals surface area contributed by atoms with E-state index in [0.29, 0.717) is 6.54 Å². The lowest BCUT2D eigenvalue weighted by atomic mass is 10.2. The van der Waals surface area contributed by atoms with Crippen molar-refractivity contribution in [3.8, 4) is 0 Å². The lowest BCUT2D eigenvalue weighted by Gasteiger charge is -2.22. The van der Waals surface area contributed by atoms with E-state index in [9.17, 15) is 4.39 Å². The molecule has 2 N–H and O–H groups in total. The molecule has 148 valence electrons. The molecule has 0 aliphatic heterocycles. The molecule has 1 aromatic carbocycles. The quantitative estimate of drug-likeness (QED) is 0.243. The monoisotopic (exact) mass is 485 g/mol. The van der Waals surface area contributed by atoms with Crippen molar-refractivity contribution in [3.05, 3.63) is 60.0 Å². The number of halogens is 2. The Morgan fingerprint density at radius 3 is 2.59 bits per heavy atom. The van der Waals surface area contributed by atoms with Crippen LogP contribution in [0.3, 0.4) is 0 Å². The molecule has 0 atom stereocenters. The van der Waals surface area contributed by atoms with E-state index in [0.717, 1.165) is 49.8 Å². The van der Waals surface area contributed by atoms with Crippen molar-refractivity contribution in [2.75, 3.05) is 32.0 Å². The maximum absolute atomic E-state index is 13.0. The van der Waals surface area contributed by atoms with E-state index in [4.69, 9.17) is 0 Å². The predicted molar refractivity (Wildman–Crippen MR) is 121 cm³/mol. The third-order valence-corrected chi connectivity index (χ3v) is 3.85. The lowest BCUT2D eigenvalue weighted by molar-refractivity contribution is 0.475. The number of hydrogen-bond acceptors (Lipinski definition) is 3. The number of pyridine rings is 1. The number of benzene rings is 1. The van der Waals surface area contributed by atoms with Crippen LogP contribution in [0.5, 0.6) is 0 Å². The zero-order valence-electron chi connectivity index (χ0n) is 16.0. The number of nitrogens with zero attached hydrogens (tertiary/aromatic N) is 3. The van der Waals surface area contributed by atoms with Crippen LogP contribution in [0.1, 0.15) is 25.3 Å². The molecule has 1 heterocycles. The summed E-state index contributed by atoms with van der Waals surface area (Å²) in [5.74, 6) is 1.56. The van der Waals surface area contributed by atoms with Crippen LogP contribution in [0.4, 0.5) is 10.2 Å². The molecule has 1 aromatic heterocycles. The molecule has 0 saturated carbocycles. The van der Waals surface area contributed by atoms with Crippen molar-refractivity contribution < 1.29 is 4.39 Å². The van der Waals surface area contributed by atoms with E-state index >= 15 is 0 Å². The smallest absolute Gasteiger partial charge is 0.193 e. The maximum atomic E-state index is 13.0. The van der Waals surface area contributed by atoms with E-state index in [2.05, 4.69) is 32.4 Å². The van der Waals surface area contributed by atoms with Gasteiger partial charge in [0.2, 0.25) is 0 Å². The molecule has 7 heteroatoms. The summed E-state index contributed by atoms with van der Waals surface area (Å²) in [6, 6.07) is 12.4. The summed E-state index contributed by atoms with van der Waals surface area (Å²) in [5.41, 5.74) is 1.05. The minimum absolute atomic E-state index is 0. The summed E-state index contributed by atoms with van der Waals surface area (Å²) in [6.45, 7) is 5.20. The van der Waals surface area contributed by atoms with Gasteiger partial charge in [-0.25, -0.2) is 9.37 Å². The topological polar surface area (TPSA) is 52.6 Å². The Bertz CT molecular complexity index is 664. The van der Waals surface area contributed by atoms with Gasteiger partial charge in [-0.3, -0.25) is 4.99 Å². The normalized spacial score (nSPS) is 10.9. The van der Waals surface area contributed by atoms with Gasteiger partial charge in [0.05, 0.1) is 0 Å². The summed E-state index contributed by atoms with van der Waals surface area (Å²) in [6.07, 6.45) is 3.81. The standard InChI is InChI=1S/C20H28FN5.HI/c1-3-22-20(26(2)16-17-9-11-18(21)12-10-17)25-15-7-6-14-24-19-8-4-5-13-23-19;/h4-5,8-13H,3,6-7,14-16H2,1-2H3,(H,22,25)(H,23,24);1H. The summed E-state index contributed by atoms with van der Waals surface area (Å²) in [4.78, 5) is 11.0. The van der Waals surface area contributed by atoms with Gasteiger partial charge in [-0.2, -0.15) is 0 Å². The molecule has 5 nitrogen and oxygen atoms in total. The van der Waals surface area contributed by atoms with E-state index in [-0.39, 0.29) is 29.8 Å². The largest absolute Gasteiger partial charge is 0.370 e. The number of aliphatic imine (C=N–C) groups is 1. The third kappa shape index (κ3) is 9.03. The van der Waals surface area contributed by atoms with E-state index < -0.39 is 0 Å². The maximum Gasteiger partial charge on any atom is 0.193 e. The highest BCUT2D eigenvalue weighted by atomic mass is 127. The van der Waals surface area contributed by atoms with Gasteiger partial charge in [0.25, 0.3) is 0 Å². The molecule has 0 fully saturated rings. The number of hydrogen-bond donors (Lipinski definition) is 2. The van der Waals surface area contributed by atoms with Crippen LogP contribution in [0.2, 0.25) is 0 Å². The molecule has 0 bridgehead atoms. The average molecular weight is 485 g/mol. The first kappa shape index (κ1) is 23.1. The van der Waals surface area contributed by atoms with Gasteiger partial charge in [0, 0.05) is 39.4 Å². The highest BCUT2D eigenvalue weighted by Gasteiger charge is 2.06. The minimum Gasteiger partial charge on any atom is -0.370 e. The molecule has 0 spiro atoms. The molecular weight excluding hydrogens is 456 g/mol. The van der Waals surface area contributed by atoms with Crippen LogP contribution in [0.25, 0.3) is 0 Å². The van der Waals surface area contributed by atoms with Crippen LogP contribution in [-0.2, 0) is 6.54 Å². The van der Waals surface area contributed by atoms with Gasteiger partial charge in [-0.1, -0.05) is 18.2 Å². The second kappa shape index (κ2) is 13.3. The number of guanidine groups is 1. The number of anilines is 1. The average Bonchev–Trinajstić information content (AvgIpc) is 2.66. The first-order valence-corrected chi connectivity index (χ1v) is 9.08. The number of nitrogens with one attached hydrogen (secondary N) is 2. The summed E-state index contributed by atoms with van der Waals surface area (Å²) in [5, 5.41) is 6.61. The Balaban J connectivity index is 0.00000364.